The van der Waals surface area contributed by atoms with Gasteiger partial charge in [-0.25, -0.2) is 4.39 Å². The maximum Gasteiger partial charge on any atom is 0.126 e. The second-order valence-electron chi connectivity index (χ2n) is 7.50. The van der Waals surface area contributed by atoms with Gasteiger partial charge >= 0.3 is 0 Å². The summed E-state index contributed by atoms with van der Waals surface area (Å²) >= 11 is 0. The number of halogens is 1. The van der Waals surface area contributed by atoms with Crippen LogP contribution in [0.1, 0.15) is 46.6 Å². The van der Waals surface area contributed by atoms with Crippen molar-refractivity contribution >= 4 is 0 Å². The smallest absolute Gasteiger partial charge is 0.126 e. The van der Waals surface area contributed by atoms with Crippen LogP contribution in [0.25, 0.3) is 0 Å². The van der Waals surface area contributed by atoms with E-state index in [1.54, 1.807) is 6.07 Å². The summed E-state index contributed by atoms with van der Waals surface area (Å²) in [6.07, 6.45) is 1.41. The zero-order valence-electron chi connectivity index (χ0n) is 13.2. The third-order valence-electron chi connectivity index (χ3n) is 4.40. The lowest BCUT2D eigenvalue weighted by Gasteiger charge is -2.39. The van der Waals surface area contributed by atoms with Crippen LogP contribution in [0, 0.1) is 11.7 Å². The Morgan fingerprint density at radius 1 is 1.30 bits per heavy atom. The standard InChI is InChI=1S/C17H26FNO/c1-15(2)11-14(16(3,4)20-15)17(5,19)10-12-8-6-7-9-13(12)18/h6-9,14H,10-11,19H2,1-5H3. The van der Waals surface area contributed by atoms with E-state index in [1.807, 2.05) is 19.1 Å². The highest BCUT2D eigenvalue weighted by atomic mass is 19.1. The zero-order chi connectivity index (χ0) is 15.2. The minimum absolute atomic E-state index is 0.177. The van der Waals surface area contributed by atoms with Crippen LogP contribution in [-0.2, 0) is 11.2 Å². The average molecular weight is 279 g/mol. The van der Waals surface area contributed by atoms with Crippen molar-refractivity contribution in [3.05, 3.63) is 35.6 Å². The van der Waals surface area contributed by atoms with Crippen molar-refractivity contribution in [1.82, 2.24) is 0 Å². The van der Waals surface area contributed by atoms with E-state index in [2.05, 4.69) is 27.7 Å². The van der Waals surface area contributed by atoms with Gasteiger partial charge in [-0.15, -0.1) is 0 Å². The van der Waals surface area contributed by atoms with Gasteiger partial charge in [0.05, 0.1) is 11.2 Å². The van der Waals surface area contributed by atoms with Crippen molar-refractivity contribution in [2.24, 2.45) is 11.7 Å². The number of ether oxygens (including phenoxy) is 1. The van der Waals surface area contributed by atoms with Gasteiger partial charge in [0.25, 0.3) is 0 Å². The second kappa shape index (κ2) is 4.81. The molecule has 3 heteroatoms. The zero-order valence-corrected chi connectivity index (χ0v) is 13.2. The number of hydrogen-bond donors (Lipinski definition) is 1. The summed E-state index contributed by atoms with van der Waals surface area (Å²) in [5.74, 6) is 0.00441. The van der Waals surface area contributed by atoms with E-state index in [1.165, 1.54) is 6.07 Å². The summed E-state index contributed by atoms with van der Waals surface area (Å²) in [5, 5.41) is 0. The van der Waals surface area contributed by atoms with Crippen molar-refractivity contribution in [3.8, 4) is 0 Å². The quantitative estimate of drug-likeness (QED) is 0.916. The summed E-state index contributed by atoms with van der Waals surface area (Å²) in [7, 11) is 0. The fourth-order valence-electron chi connectivity index (χ4n) is 3.76. The van der Waals surface area contributed by atoms with Crippen LogP contribution in [0.2, 0.25) is 0 Å². The largest absolute Gasteiger partial charge is 0.369 e. The Labute approximate surface area is 121 Å². The van der Waals surface area contributed by atoms with Crippen LogP contribution in [0.4, 0.5) is 4.39 Å². The fourth-order valence-corrected chi connectivity index (χ4v) is 3.76. The molecule has 1 aromatic carbocycles. The van der Waals surface area contributed by atoms with Crippen LogP contribution < -0.4 is 5.73 Å². The van der Waals surface area contributed by atoms with Gasteiger partial charge in [0, 0.05) is 11.5 Å². The highest BCUT2D eigenvalue weighted by molar-refractivity contribution is 5.21. The molecule has 1 heterocycles. The van der Waals surface area contributed by atoms with E-state index >= 15 is 0 Å². The summed E-state index contributed by atoms with van der Waals surface area (Å²) in [4.78, 5) is 0. The minimum Gasteiger partial charge on any atom is -0.369 e. The molecular weight excluding hydrogens is 253 g/mol. The molecule has 20 heavy (non-hydrogen) atoms. The second-order valence-corrected chi connectivity index (χ2v) is 7.50. The summed E-state index contributed by atoms with van der Waals surface area (Å²) in [5.41, 5.74) is 6.28. The lowest BCUT2D eigenvalue weighted by atomic mass is 9.71. The van der Waals surface area contributed by atoms with Gasteiger partial charge in [0.1, 0.15) is 5.82 Å². The fraction of sp³-hybridized carbons (Fsp3) is 0.647. The molecule has 1 saturated heterocycles. The maximum absolute atomic E-state index is 13.9. The molecule has 2 atom stereocenters. The first kappa shape index (κ1) is 15.5. The van der Waals surface area contributed by atoms with Gasteiger partial charge in [-0.05, 0) is 59.1 Å². The van der Waals surface area contributed by atoms with Gasteiger partial charge in [-0.3, -0.25) is 0 Å². The molecule has 112 valence electrons. The molecule has 2 nitrogen and oxygen atoms in total. The van der Waals surface area contributed by atoms with Gasteiger partial charge in [0.15, 0.2) is 0 Å². The average Bonchev–Trinajstić information content (AvgIpc) is 2.50. The molecule has 0 amide bonds. The van der Waals surface area contributed by atoms with Crippen molar-refractivity contribution in [2.75, 3.05) is 0 Å². The van der Waals surface area contributed by atoms with Gasteiger partial charge in [-0.2, -0.15) is 0 Å². The van der Waals surface area contributed by atoms with Crippen molar-refractivity contribution in [1.29, 1.82) is 0 Å². The van der Waals surface area contributed by atoms with Crippen LogP contribution in [0.15, 0.2) is 24.3 Å². The Hall–Kier alpha value is -0.930. The first-order chi connectivity index (χ1) is 9.04. The first-order valence-corrected chi connectivity index (χ1v) is 7.26. The molecule has 0 spiro atoms. The molecule has 0 aromatic heterocycles. The third-order valence-corrected chi connectivity index (χ3v) is 4.40. The predicted molar refractivity (Wildman–Crippen MR) is 80.0 cm³/mol. The molecule has 0 saturated carbocycles. The molecule has 2 unspecified atom stereocenters. The van der Waals surface area contributed by atoms with Crippen LogP contribution in [-0.4, -0.2) is 16.7 Å². The van der Waals surface area contributed by atoms with E-state index in [0.717, 1.165) is 6.42 Å². The Kier molecular flexibility index (Phi) is 3.72. The van der Waals surface area contributed by atoms with Crippen molar-refractivity contribution in [2.45, 2.75) is 64.2 Å². The Balaban J connectivity index is 2.25. The van der Waals surface area contributed by atoms with Gasteiger partial charge < -0.3 is 10.5 Å². The highest BCUT2D eigenvalue weighted by Crippen LogP contribution is 2.47. The first-order valence-electron chi connectivity index (χ1n) is 7.26. The molecular formula is C17H26FNO. The molecule has 1 aliphatic heterocycles. The monoisotopic (exact) mass is 279 g/mol. The topological polar surface area (TPSA) is 35.2 Å². The van der Waals surface area contributed by atoms with Crippen molar-refractivity contribution in [3.63, 3.8) is 0 Å². The lowest BCUT2D eigenvalue weighted by Crippen LogP contribution is -2.52. The lowest BCUT2D eigenvalue weighted by molar-refractivity contribution is -0.0810. The normalized spacial score (nSPS) is 27.2. The minimum atomic E-state index is -0.501. The molecule has 2 rings (SSSR count). The molecule has 2 N–H and O–H groups in total. The van der Waals surface area contributed by atoms with Crippen LogP contribution in [0.5, 0.6) is 0 Å². The molecule has 1 aliphatic rings. The van der Waals surface area contributed by atoms with E-state index in [4.69, 9.17) is 10.5 Å². The summed E-state index contributed by atoms with van der Waals surface area (Å²) in [6, 6.07) is 6.87. The van der Waals surface area contributed by atoms with Crippen LogP contribution >= 0.6 is 0 Å². The number of nitrogens with two attached hydrogens (primary N) is 1. The van der Waals surface area contributed by atoms with E-state index in [0.29, 0.717) is 12.0 Å². The Bertz CT molecular complexity index is 494. The SMILES string of the molecule is CC1(C)CC(C(C)(N)Cc2ccccc2F)C(C)(C)O1. The van der Waals surface area contributed by atoms with E-state index < -0.39 is 5.54 Å². The molecule has 1 fully saturated rings. The molecule has 0 radical (unpaired) electrons. The molecule has 0 aliphatic carbocycles. The van der Waals surface area contributed by atoms with Crippen molar-refractivity contribution < 1.29 is 9.13 Å². The maximum atomic E-state index is 13.9. The Morgan fingerprint density at radius 2 is 1.90 bits per heavy atom. The predicted octanol–water partition coefficient (Wildman–Crippen LogP) is 3.68. The van der Waals surface area contributed by atoms with E-state index in [9.17, 15) is 4.39 Å². The van der Waals surface area contributed by atoms with E-state index in [-0.39, 0.29) is 22.9 Å². The highest BCUT2D eigenvalue weighted by Gasteiger charge is 2.52. The third kappa shape index (κ3) is 3.04. The van der Waals surface area contributed by atoms with Gasteiger partial charge in [-0.1, -0.05) is 18.2 Å². The molecule has 1 aromatic rings. The molecule has 0 bridgehead atoms. The number of rotatable bonds is 3. The number of benzene rings is 1. The Morgan fingerprint density at radius 3 is 2.40 bits per heavy atom. The summed E-state index contributed by atoms with van der Waals surface area (Å²) in [6.45, 7) is 10.4. The number of hydrogen-bond acceptors (Lipinski definition) is 2. The summed E-state index contributed by atoms with van der Waals surface area (Å²) < 4.78 is 20.0. The van der Waals surface area contributed by atoms with Gasteiger partial charge in [0.2, 0.25) is 0 Å². The van der Waals surface area contributed by atoms with Crippen LogP contribution in [0.3, 0.4) is 0 Å².